The zero-order valence-corrected chi connectivity index (χ0v) is 12.0. The summed E-state index contributed by atoms with van der Waals surface area (Å²) in [5.41, 5.74) is 0.602. The number of piperazine rings is 1. The summed E-state index contributed by atoms with van der Waals surface area (Å²) < 4.78 is 13.8. The molecule has 0 bridgehead atoms. The molecular formula is C15H21FN2O2. The molecular weight excluding hydrogens is 259 g/mol. The number of hydrogen-bond donors (Lipinski definition) is 1. The van der Waals surface area contributed by atoms with Crippen LogP contribution in [0.5, 0.6) is 0 Å². The molecule has 110 valence electrons. The van der Waals surface area contributed by atoms with Gasteiger partial charge in [0.2, 0.25) is 0 Å². The molecule has 1 aromatic carbocycles. The molecule has 1 aliphatic rings. The quantitative estimate of drug-likeness (QED) is 0.916. The first kappa shape index (κ1) is 14.9. The van der Waals surface area contributed by atoms with Gasteiger partial charge >= 0.3 is 5.97 Å². The van der Waals surface area contributed by atoms with Crippen molar-refractivity contribution in [3.8, 4) is 0 Å². The number of carbonyl (C=O) groups is 1. The van der Waals surface area contributed by atoms with E-state index < -0.39 is 5.97 Å². The first-order valence-electron chi connectivity index (χ1n) is 6.95. The Morgan fingerprint density at radius 3 is 2.50 bits per heavy atom. The highest BCUT2D eigenvalue weighted by Gasteiger charge is 2.20. The van der Waals surface area contributed by atoms with Crippen LogP contribution in [0.25, 0.3) is 0 Å². The van der Waals surface area contributed by atoms with Crippen LogP contribution in [0.1, 0.15) is 29.8 Å². The van der Waals surface area contributed by atoms with E-state index in [-0.39, 0.29) is 11.4 Å². The number of nitrogens with zero attached hydrogens (tertiary/aromatic N) is 2. The van der Waals surface area contributed by atoms with Crippen LogP contribution in [-0.4, -0.2) is 53.1 Å². The number of benzene rings is 1. The zero-order valence-electron chi connectivity index (χ0n) is 12.0. The molecule has 5 heteroatoms. The molecule has 0 radical (unpaired) electrons. The highest BCUT2D eigenvalue weighted by molar-refractivity contribution is 5.87. The van der Waals surface area contributed by atoms with Gasteiger partial charge in [0.15, 0.2) is 0 Å². The fourth-order valence-electron chi connectivity index (χ4n) is 2.51. The average Bonchev–Trinajstić information content (AvgIpc) is 2.41. The molecule has 20 heavy (non-hydrogen) atoms. The minimum absolute atomic E-state index is 0.141. The topological polar surface area (TPSA) is 43.8 Å². The Kier molecular flexibility index (Phi) is 4.73. The standard InChI is InChI=1S/C15H21FN2O2/c1-11(2)18-7-5-17(6-8-18)10-13-9-12(15(19)20)3-4-14(13)16/h3-4,9,11H,5-8,10H2,1-2H3,(H,19,20). The van der Waals surface area contributed by atoms with Gasteiger partial charge in [0.25, 0.3) is 0 Å². The highest BCUT2D eigenvalue weighted by Crippen LogP contribution is 2.15. The smallest absolute Gasteiger partial charge is 0.335 e. The predicted molar refractivity (Wildman–Crippen MR) is 75.3 cm³/mol. The maximum absolute atomic E-state index is 13.8. The molecule has 0 aromatic heterocycles. The van der Waals surface area contributed by atoms with Crippen LogP contribution in [0, 0.1) is 5.82 Å². The number of carboxylic acids is 1. The van der Waals surface area contributed by atoms with Gasteiger partial charge in [-0.25, -0.2) is 9.18 Å². The van der Waals surface area contributed by atoms with E-state index in [1.807, 2.05) is 0 Å². The van der Waals surface area contributed by atoms with Gasteiger partial charge in [-0.1, -0.05) is 0 Å². The second-order valence-corrected chi connectivity index (χ2v) is 5.52. The van der Waals surface area contributed by atoms with Gasteiger partial charge in [-0.05, 0) is 32.0 Å². The van der Waals surface area contributed by atoms with Crippen molar-refractivity contribution in [3.63, 3.8) is 0 Å². The van der Waals surface area contributed by atoms with Crippen LogP contribution in [0.3, 0.4) is 0 Å². The van der Waals surface area contributed by atoms with E-state index in [1.54, 1.807) is 0 Å². The lowest BCUT2D eigenvalue weighted by molar-refractivity contribution is 0.0696. The number of carboxylic acid groups (broad SMARTS) is 1. The number of aromatic carboxylic acids is 1. The Balaban J connectivity index is 2.00. The summed E-state index contributed by atoms with van der Waals surface area (Å²) in [6.45, 7) is 8.52. The van der Waals surface area contributed by atoms with Gasteiger partial charge in [-0.15, -0.1) is 0 Å². The van der Waals surface area contributed by atoms with Gasteiger partial charge in [-0.3, -0.25) is 9.80 Å². The van der Waals surface area contributed by atoms with E-state index in [0.29, 0.717) is 18.2 Å². The zero-order chi connectivity index (χ0) is 14.7. The number of hydrogen-bond acceptors (Lipinski definition) is 3. The SMILES string of the molecule is CC(C)N1CCN(Cc2cc(C(=O)O)ccc2F)CC1. The molecule has 1 saturated heterocycles. The van der Waals surface area contributed by atoms with Gasteiger partial charge in [-0.2, -0.15) is 0 Å². The second-order valence-electron chi connectivity index (χ2n) is 5.52. The van der Waals surface area contributed by atoms with Crippen molar-refractivity contribution in [2.24, 2.45) is 0 Å². The van der Waals surface area contributed by atoms with E-state index >= 15 is 0 Å². The van der Waals surface area contributed by atoms with E-state index in [1.165, 1.54) is 18.2 Å². The largest absolute Gasteiger partial charge is 0.478 e. The third-order valence-electron chi connectivity index (χ3n) is 3.82. The first-order valence-corrected chi connectivity index (χ1v) is 6.95. The fourth-order valence-corrected chi connectivity index (χ4v) is 2.51. The molecule has 0 spiro atoms. The third kappa shape index (κ3) is 3.55. The Morgan fingerprint density at radius 1 is 1.30 bits per heavy atom. The summed E-state index contributed by atoms with van der Waals surface area (Å²) in [4.78, 5) is 15.5. The predicted octanol–water partition coefficient (Wildman–Crippen LogP) is 2.05. The van der Waals surface area contributed by atoms with E-state index in [9.17, 15) is 9.18 Å². The van der Waals surface area contributed by atoms with Crippen molar-refractivity contribution in [2.75, 3.05) is 26.2 Å². The summed E-state index contributed by atoms with van der Waals surface area (Å²) in [6, 6.07) is 4.51. The molecule has 0 unspecified atom stereocenters. The summed E-state index contributed by atoms with van der Waals surface area (Å²) in [5, 5.41) is 8.96. The lowest BCUT2D eigenvalue weighted by Gasteiger charge is -2.37. The Hall–Kier alpha value is -1.46. The molecule has 1 fully saturated rings. The lowest BCUT2D eigenvalue weighted by Crippen LogP contribution is -2.48. The second kappa shape index (κ2) is 6.33. The monoisotopic (exact) mass is 280 g/mol. The highest BCUT2D eigenvalue weighted by atomic mass is 19.1. The normalized spacial score (nSPS) is 17.6. The van der Waals surface area contributed by atoms with Crippen molar-refractivity contribution in [1.29, 1.82) is 0 Å². The molecule has 1 aliphatic heterocycles. The van der Waals surface area contributed by atoms with Crippen molar-refractivity contribution >= 4 is 5.97 Å². The molecule has 0 atom stereocenters. The van der Waals surface area contributed by atoms with Crippen molar-refractivity contribution in [3.05, 3.63) is 35.1 Å². The minimum Gasteiger partial charge on any atom is -0.478 e. The van der Waals surface area contributed by atoms with Crippen molar-refractivity contribution in [1.82, 2.24) is 9.80 Å². The molecule has 0 aliphatic carbocycles. The summed E-state index contributed by atoms with van der Waals surface area (Å²) in [5.74, 6) is -1.35. The number of halogens is 1. The third-order valence-corrected chi connectivity index (χ3v) is 3.82. The van der Waals surface area contributed by atoms with Crippen LogP contribution in [0.4, 0.5) is 4.39 Å². The molecule has 0 saturated carbocycles. The van der Waals surface area contributed by atoms with Crippen molar-refractivity contribution < 1.29 is 14.3 Å². The number of rotatable bonds is 4. The summed E-state index contributed by atoms with van der Waals surface area (Å²) >= 11 is 0. The minimum atomic E-state index is -1.02. The van der Waals surface area contributed by atoms with Gasteiger partial charge in [0.1, 0.15) is 5.82 Å². The molecule has 1 aromatic rings. The first-order chi connectivity index (χ1) is 9.47. The van der Waals surface area contributed by atoms with Crippen molar-refractivity contribution in [2.45, 2.75) is 26.4 Å². The summed E-state index contributed by atoms with van der Waals surface area (Å²) in [6.07, 6.45) is 0. The molecule has 1 N–H and O–H groups in total. The fraction of sp³-hybridized carbons (Fsp3) is 0.533. The lowest BCUT2D eigenvalue weighted by atomic mass is 10.1. The molecule has 4 nitrogen and oxygen atoms in total. The Morgan fingerprint density at radius 2 is 1.95 bits per heavy atom. The van der Waals surface area contributed by atoms with Crippen LogP contribution in [-0.2, 0) is 6.54 Å². The van der Waals surface area contributed by atoms with Crippen LogP contribution in [0.2, 0.25) is 0 Å². The maximum Gasteiger partial charge on any atom is 0.335 e. The molecule has 2 rings (SSSR count). The van der Waals surface area contributed by atoms with Gasteiger partial charge in [0, 0.05) is 44.3 Å². The van der Waals surface area contributed by atoms with Crippen LogP contribution < -0.4 is 0 Å². The summed E-state index contributed by atoms with van der Waals surface area (Å²) in [7, 11) is 0. The van der Waals surface area contributed by atoms with Gasteiger partial charge < -0.3 is 5.11 Å². The Labute approximate surface area is 118 Å². The van der Waals surface area contributed by atoms with Crippen LogP contribution in [0.15, 0.2) is 18.2 Å². The van der Waals surface area contributed by atoms with E-state index in [0.717, 1.165) is 26.2 Å². The van der Waals surface area contributed by atoms with Gasteiger partial charge in [0.05, 0.1) is 5.56 Å². The molecule has 1 heterocycles. The average molecular weight is 280 g/mol. The molecule has 0 amide bonds. The van der Waals surface area contributed by atoms with E-state index in [4.69, 9.17) is 5.11 Å². The van der Waals surface area contributed by atoms with Crippen LogP contribution >= 0.6 is 0 Å². The maximum atomic E-state index is 13.8. The Bertz CT molecular complexity index is 483. The van der Waals surface area contributed by atoms with E-state index in [2.05, 4.69) is 23.6 Å².